The molecule has 0 radical (unpaired) electrons. The van der Waals surface area contributed by atoms with E-state index in [0.717, 1.165) is 0 Å². The summed E-state index contributed by atoms with van der Waals surface area (Å²) in [5.41, 5.74) is 6.76. The lowest BCUT2D eigenvalue weighted by Gasteiger charge is -2.10. The number of nitrogens with two attached hydrogens (primary N) is 1. The zero-order valence-corrected chi connectivity index (χ0v) is 7.80. The van der Waals surface area contributed by atoms with Crippen molar-refractivity contribution < 1.29 is 4.74 Å². The largest absolute Gasteiger partial charge is 0.397 e. The van der Waals surface area contributed by atoms with E-state index in [1.165, 1.54) is 0 Å². The van der Waals surface area contributed by atoms with Gasteiger partial charge in [0.2, 0.25) is 0 Å². The summed E-state index contributed by atoms with van der Waals surface area (Å²) in [6.45, 7) is 1.88. The first-order chi connectivity index (χ1) is 5.65. The lowest BCUT2D eigenvalue weighted by molar-refractivity contribution is 0.116. The summed E-state index contributed by atoms with van der Waals surface area (Å²) in [5.74, 6) is 0. The van der Waals surface area contributed by atoms with Crippen LogP contribution in [0.4, 0.5) is 5.69 Å². The van der Waals surface area contributed by atoms with Crippen LogP contribution in [0.1, 0.15) is 18.7 Å². The Balaban J connectivity index is 3.01. The van der Waals surface area contributed by atoms with Crippen LogP contribution in [0, 0.1) is 0 Å². The van der Waals surface area contributed by atoms with Crippen molar-refractivity contribution in [2.24, 2.45) is 0 Å². The Morgan fingerprint density at radius 3 is 2.83 bits per heavy atom. The van der Waals surface area contributed by atoms with Gasteiger partial charge in [0.25, 0.3) is 0 Å². The Bertz CT molecular complexity index is 278. The second-order valence-corrected chi connectivity index (χ2v) is 2.92. The molecule has 0 fully saturated rings. The molecule has 3 nitrogen and oxygen atoms in total. The molecule has 0 aliphatic rings. The van der Waals surface area contributed by atoms with Crippen molar-refractivity contribution in [3.8, 4) is 0 Å². The number of aromatic nitrogens is 1. The van der Waals surface area contributed by atoms with Crippen molar-refractivity contribution >= 4 is 17.3 Å². The minimum Gasteiger partial charge on any atom is -0.397 e. The summed E-state index contributed by atoms with van der Waals surface area (Å²) in [5, 5.41) is 0.546. The highest BCUT2D eigenvalue weighted by atomic mass is 35.5. The second kappa shape index (κ2) is 3.74. The number of rotatable bonds is 2. The minimum absolute atomic E-state index is 0.0990. The molecule has 1 rings (SSSR count). The minimum atomic E-state index is -0.0990. The van der Waals surface area contributed by atoms with Gasteiger partial charge in [0.05, 0.1) is 28.7 Å². The third kappa shape index (κ3) is 1.87. The van der Waals surface area contributed by atoms with Crippen molar-refractivity contribution in [2.75, 3.05) is 12.8 Å². The van der Waals surface area contributed by atoms with Gasteiger partial charge >= 0.3 is 0 Å². The molecule has 4 heteroatoms. The number of hydrogen-bond acceptors (Lipinski definition) is 3. The van der Waals surface area contributed by atoms with Gasteiger partial charge in [-0.05, 0) is 13.0 Å². The molecule has 1 heterocycles. The Hall–Kier alpha value is -0.800. The second-order valence-electron chi connectivity index (χ2n) is 2.51. The third-order valence-corrected chi connectivity index (χ3v) is 1.93. The van der Waals surface area contributed by atoms with Gasteiger partial charge in [0, 0.05) is 7.11 Å². The SMILES string of the molecule is CO[C@@H](C)c1ncc(N)cc1Cl. The van der Waals surface area contributed by atoms with Crippen LogP contribution in [0.2, 0.25) is 5.02 Å². The summed E-state index contributed by atoms with van der Waals surface area (Å²) in [6.07, 6.45) is 1.47. The van der Waals surface area contributed by atoms with Crippen molar-refractivity contribution in [3.05, 3.63) is 23.0 Å². The lowest BCUT2D eigenvalue weighted by Crippen LogP contribution is -2.01. The van der Waals surface area contributed by atoms with E-state index < -0.39 is 0 Å². The molecule has 0 aliphatic carbocycles. The summed E-state index contributed by atoms with van der Waals surface area (Å²) >= 11 is 5.88. The average Bonchev–Trinajstić information content (AvgIpc) is 2.03. The number of nitrogens with zero attached hydrogens (tertiary/aromatic N) is 1. The molecule has 0 saturated heterocycles. The number of pyridine rings is 1. The molecule has 0 spiro atoms. The molecular formula is C8H11ClN2O. The van der Waals surface area contributed by atoms with E-state index >= 15 is 0 Å². The van der Waals surface area contributed by atoms with Gasteiger partial charge < -0.3 is 10.5 Å². The van der Waals surface area contributed by atoms with Crippen molar-refractivity contribution in [1.82, 2.24) is 4.98 Å². The van der Waals surface area contributed by atoms with Gasteiger partial charge in [-0.25, -0.2) is 0 Å². The predicted molar refractivity (Wildman–Crippen MR) is 49.1 cm³/mol. The van der Waals surface area contributed by atoms with Crippen LogP contribution in [-0.4, -0.2) is 12.1 Å². The van der Waals surface area contributed by atoms with Gasteiger partial charge in [-0.3, -0.25) is 4.98 Å². The van der Waals surface area contributed by atoms with E-state index in [0.29, 0.717) is 16.4 Å². The number of hydrogen-bond donors (Lipinski definition) is 1. The fraction of sp³-hybridized carbons (Fsp3) is 0.375. The Morgan fingerprint density at radius 2 is 2.33 bits per heavy atom. The number of anilines is 1. The monoisotopic (exact) mass is 186 g/mol. The Kier molecular flexibility index (Phi) is 2.89. The smallest absolute Gasteiger partial charge is 0.0977 e. The molecule has 1 atom stereocenters. The normalized spacial score (nSPS) is 12.9. The maximum absolute atomic E-state index is 5.88. The predicted octanol–water partition coefficient (Wildman–Crippen LogP) is 2.02. The van der Waals surface area contributed by atoms with Crippen LogP contribution in [0.5, 0.6) is 0 Å². The van der Waals surface area contributed by atoms with Gasteiger partial charge in [0.1, 0.15) is 0 Å². The maximum Gasteiger partial charge on any atom is 0.0977 e. The van der Waals surface area contributed by atoms with Gasteiger partial charge in [-0.2, -0.15) is 0 Å². The number of nitrogen functional groups attached to an aromatic ring is 1. The van der Waals surface area contributed by atoms with Crippen molar-refractivity contribution in [3.63, 3.8) is 0 Å². The molecule has 66 valence electrons. The summed E-state index contributed by atoms with van der Waals surface area (Å²) < 4.78 is 5.07. The van der Waals surface area contributed by atoms with E-state index in [1.807, 2.05) is 6.92 Å². The maximum atomic E-state index is 5.88. The Labute approximate surface area is 76.5 Å². The fourth-order valence-electron chi connectivity index (χ4n) is 0.874. The summed E-state index contributed by atoms with van der Waals surface area (Å²) in [7, 11) is 1.61. The highest BCUT2D eigenvalue weighted by molar-refractivity contribution is 6.31. The van der Waals surface area contributed by atoms with E-state index in [9.17, 15) is 0 Å². The summed E-state index contributed by atoms with van der Waals surface area (Å²) in [4.78, 5) is 4.07. The third-order valence-electron chi connectivity index (χ3n) is 1.63. The molecular weight excluding hydrogens is 176 g/mol. The fourth-order valence-corrected chi connectivity index (χ4v) is 1.20. The summed E-state index contributed by atoms with van der Waals surface area (Å²) in [6, 6.07) is 1.67. The van der Waals surface area contributed by atoms with E-state index in [1.54, 1.807) is 19.4 Å². The van der Waals surface area contributed by atoms with Crippen LogP contribution in [-0.2, 0) is 4.74 Å². The molecule has 0 unspecified atom stereocenters. The lowest BCUT2D eigenvalue weighted by atomic mass is 10.2. The molecule has 2 N–H and O–H groups in total. The van der Waals surface area contributed by atoms with Crippen LogP contribution in [0.3, 0.4) is 0 Å². The van der Waals surface area contributed by atoms with Gasteiger partial charge in [-0.15, -0.1) is 0 Å². The molecule has 0 aliphatic heterocycles. The molecule has 1 aromatic rings. The van der Waals surface area contributed by atoms with E-state index in [-0.39, 0.29) is 6.10 Å². The van der Waals surface area contributed by atoms with Crippen LogP contribution < -0.4 is 5.73 Å². The van der Waals surface area contributed by atoms with E-state index in [4.69, 9.17) is 22.1 Å². The van der Waals surface area contributed by atoms with Crippen molar-refractivity contribution in [2.45, 2.75) is 13.0 Å². The van der Waals surface area contributed by atoms with Gasteiger partial charge in [0.15, 0.2) is 0 Å². The zero-order valence-electron chi connectivity index (χ0n) is 7.04. The number of methoxy groups -OCH3 is 1. The van der Waals surface area contributed by atoms with Gasteiger partial charge in [-0.1, -0.05) is 11.6 Å². The topological polar surface area (TPSA) is 48.1 Å². The molecule has 0 aromatic carbocycles. The quantitative estimate of drug-likeness (QED) is 0.769. The highest BCUT2D eigenvalue weighted by Gasteiger charge is 2.09. The first-order valence-electron chi connectivity index (χ1n) is 3.59. The number of halogens is 1. The zero-order chi connectivity index (χ0) is 9.14. The first-order valence-corrected chi connectivity index (χ1v) is 3.96. The molecule has 0 saturated carbocycles. The van der Waals surface area contributed by atoms with Crippen LogP contribution in [0.25, 0.3) is 0 Å². The molecule has 0 amide bonds. The molecule has 12 heavy (non-hydrogen) atoms. The first kappa shape index (κ1) is 9.29. The standard InChI is InChI=1S/C8H11ClN2O/c1-5(12-2)8-7(9)3-6(10)4-11-8/h3-5H,10H2,1-2H3/t5-/m0/s1. The number of ether oxygens (including phenoxy) is 1. The molecule has 0 bridgehead atoms. The van der Waals surface area contributed by atoms with Crippen molar-refractivity contribution in [1.29, 1.82) is 0 Å². The highest BCUT2D eigenvalue weighted by Crippen LogP contribution is 2.23. The van der Waals surface area contributed by atoms with E-state index in [2.05, 4.69) is 4.98 Å². The molecule has 1 aromatic heterocycles. The van der Waals surface area contributed by atoms with Crippen LogP contribution in [0.15, 0.2) is 12.3 Å². The average molecular weight is 187 g/mol. The Morgan fingerprint density at radius 1 is 1.67 bits per heavy atom. The van der Waals surface area contributed by atoms with Crippen LogP contribution >= 0.6 is 11.6 Å².